The second-order valence-corrected chi connectivity index (χ2v) is 9.64. The number of ether oxygens (including phenoxy) is 2. The van der Waals surface area contributed by atoms with Gasteiger partial charge in [-0.1, -0.05) is 6.07 Å². The summed E-state index contributed by atoms with van der Waals surface area (Å²) in [5.41, 5.74) is 4.16. The first-order valence-corrected chi connectivity index (χ1v) is 12.6. The van der Waals surface area contributed by atoms with Crippen LogP contribution in [-0.4, -0.2) is 85.2 Å². The lowest BCUT2D eigenvalue weighted by Gasteiger charge is -2.56. The molecule has 8 rings (SSSR count). The van der Waals surface area contributed by atoms with E-state index in [-0.39, 0.29) is 6.61 Å². The number of alkyl halides is 1. The molecule has 0 radical (unpaired) electrons. The number of aromatic nitrogens is 7. The molecule has 12 heteroatoms. The van der Waals surface area contributed by atoms with E-state index in [0.29, 0.717) is 35.1 Å². The quantitative estimate of drug-likeness (QED) is 0.334. The van der Waals surface area contributed by atoms with Gasteiger partial charge in [-0.3, -0.25) is 15.0 Å². The van der Waals surface area contributed by atoms with Gasteiger partial charge in [0.25, 0.3) is 0 Å². The highest BCUT2D eigenvalue weighted by Gasteiger charge is 2.44. The van der Waals surface area contributed by atoms with Gasteiger partial charge in [0.05, 0.1) is 48.5 Å². The van der Waals surface area contributed by atoms with E-state index in [1.165, 1.54) is 12.0 Å². The number of methoxy groups -OCH3 is 1. The lowest BCUT2D eigenvalue weighted by atomic mass is 9.87. The number of piperazine rings is 1. The number of H-pyrrole nitrogens is 1. The summed E-state index contributed by atoms with van der Waals surface area (Å²) in [5, 5.41) is 12.4. The van der Waals surface area contributed by atoms with Crippen molar-refractivity contribution in [2.45, 2.75) is 25.0 Å². The van der Waals surface area contributed by atoms with Crippen LogP contribution < -0.4 is 14.4 Å². The van der Waals surface area contributed by atoms with Gasteiger partial charge in [0.15, 0.2) is 5.65 Å². The predicted octanol–water partition coefficient (Wildman–Crippen LogP) is 2.88. The van der Waals surface area contributed by atoms with Gasteiger partial charge in [-0.15, -0.1) is 5.10 Å². The Morgan fingerprint density at radius 2 is 1.97 bits per heavy atom. The zero-order chi connectivity index (χ0) is 25.6. The minimum atomic E-state index is -0.571. The van der Waals surface area contributed by atoms with E-state index in [1.807, 2.05) is 24.5 Å². The summed E-state index contributed by atoms with van der Waals surface area (Å²) in [6.45, 7) is 2.10. The zero-order valence-corrected chi connectivity index (χ0v) is 20.8. The fourth-order valence-electron chi connectivity index (χ4n) is 5.56. The lowest BCUT2D eigenvalue weighted by Crippen LogP contribution is -2.68. The van der Waals surface area contributed by atoms with E-state index in [9.17, 15) is 4.39 Å². The van der Waals surface area contributed by atoms with E-state index in [1.54, 1.807) is 30.2 Å². The molecule has 194 valence electrons. The molecule has 5 aromatic rings. The molecule has 2 bridgehead atoms. The number of pyridine rings is 2. The number of nitrogens with zero attached hydrogens (tertiary/aromatic N) is 8. The molecule has 8 heterocycles. The first kappa shape index (κ1) is 22.8. The Bertz CT molecular complexity index is 1570. The highest BCUT2D eigenvalue weighted by atomic mass is 19.1. The van der Waals surface area contributed by atoms with Crippen LogP contribution in [0.2, 0.25) is 0 Å². The average molecular weight is 516 g/mol. The highest BCUT2D eigenvalue weighted by Crippen LogP contribution is 2.36. The number of hydrogen-bond donors (Lipinski definition) is 1. The third-order valence-corrected chi connectivity index (χ3v) is 7.40. The summed E-state index contributed by atoms with van der Waals surface area (Å²) < 4.78 is 25.2. The fraction of sp³-hybridized carbons (Fsp3) is 0.346. The van der Waals surface area contributed by atoms with Gasteiger partial charge in [-0.25, -0.2) is 18.9 Å². The molecule has 0 aliphatic carbocycles. The number of halogens is 1. The van der Waals surface area contributed by atoms with Crippen molar-refractivity contribution in [1.29, 1.82) is 0 Å². The summed E-state index contributed by atoms with van der Waals surface area (Å²) in [7, 11) is 1.63. The molecule has 5 aromatic heterocycles. The molecule has 2 unspecified atom stereocenters. The van der Waals surface area contributed by atoms with E-state index in [2.05, 4.69) is 36.1 Å². The van der Waals surface area contributed by atoms with Crippen molar-refractivity contribution in [1.82, 2.24) is 39.7 Å². The summed E-state index contributed by atoms with van der Waals surface area (Å²) in [5.74, 6) is 2.00. The van der Waals surface area contributed by atoms with Gasteiger partial charge < -0.3 is 14.4 Å². The molecule has 3 aliphatic rings. The van der Waals surface area contributed by atoms with E-state index >= 15 is 0 Å². The van der Waals surface area contributed by atoms with Gasteiger partial charge in [-0.05, 0) is 18.1 Å². The van der Waals surface area contributed by atoms with Gasteiger partial charge in [0, 0.05) is 49.5 Å². The van der Waals surface area contributed by atoms with Crippen molar-refractivity contribution >= 4 is 22.4 Å². The van der Waals surface area contributed by atoms with Crippen molar-refractivity contribution in [2.24, 2.45) is 0 Å². The molecule has 38 heavy (non-hydrogen) atoms. The largest absolute Gasteiger partial charge is 0.489 e. The van der Waals surface area contributed by atoms with Gasteiger partial charge in [0.2, 0.25) is 5.88 Å². The summed E-state index contributed by atoms with van der Waals surface area (Å²) >= 11 is 0. The lowest BCUT2D eigenvalue weighted by molar-refractivity contribution is -0.00879. The Hall–Kier alpha value is -4.32. The second kappa shape index (κ2) is 9.21. The van der Waals surface area contributed by atoms with Crippen LogP contribution >= 0.6 is 0 Å². The molecule has 0 saturated carbocycles. The zero-order valence-electron chi connectivity index (χ0n) is 20.8. The molecule has 0 spiro atoms. The van der Waals surface area contributed by atoms with E-state index in [0.717, 1.165) is 41.9 Å². The number of fused-ring (bicyclic) bond motifs is 5. The van der Waals surface area contributed by atoms with Crippen LogP contribution in [0.5, 0.6) is 11.6 Å². The third kappa shape index (κ3) is 3.88. The monoisotopic (exact) mass is 515 g/mol. The number of hydrogen-bond acceptors (Lipinski definition) is 9. The number of aromatic amines is 1. The molecule has 3 fully saturated rings. The minimum absolute atomic E-state index is 0.0282. The van der Waals surface area contributed by atoms with E-state index < -0.39 is 6.67 Å². The molecule has 11 nitrogen and oxygen atoms in total. The van der Waals surface area contributed by atoms with Crippen molar-refractivity contribution < 1.29 is 13.9 Å². The maximum absolute atomic E-state index is 12.7. The van der Waals surface area contributed by atoms with Crippen LogP contribution in [0, 0.1) is 0 Å². The normalized spacial score (nSPS) is 19.2. The highest BCUT2D eigenvalue weighted by molar-refractivity contribution is 6.00. The average Bonchev–Trinajstić information content (AvgIpc) is 3.56. The predicted molar refractivity (Wildman–Crippen MR) is 138 cm³/mol. The van der Waals surface area contributed by atoms with Crippen LogP contribution in [0.25, 0.3) is 27.8 Å². The van der Waals surface area contributed by atoms with Crippen LogP contribution in [0.1, 0.15) is 12.0 Å². The van der Waals surface area contributed by atoms with Gasteiger partial charge in [-0.2, -0.15) is 5.10 Å². The van der Waals surface area contributed by atoms with Crippen molar-refractivity contribution in [3.8, 4) is 22.9 Å². The molecular formula is C26H26FN9O2. The first-order chi connectivity index (χ1) is 18.7. The maximum Gasteiger partial charge on any atom is 0.212 e. The fourth-order valence-corrected chi connectivity index (χ4v) is 5.56. The smallest absolute Gasteiger partial charge is 0.212 e. The molecule has 3 aliphatic heterocycles. The SMILES string of the molecule is COc1ccc(CN2C3CC2CN(c2cnc(-c4cc(OCCF)cn5nc6[nH]ncc6c45)cn2)C3)cn1. The Kier molecular flexibility index (Phi) is 5.54. The standard InChI is InChI=1S/C26H26FN9O2/c1-37-24-3-2-16(8-30-24)12-35-17-6-18(35)14-34(13-17)23-11-28-22(10-29-23)20-7-19(38-5-4-27)15-36-25(20)21-9-31-32-26(21)33-36/h2-3,7-11,15,17-18H,4-6,12-14H2,1H3,(H,32,33). The number of anilines is 1. The molecule has 3 saturated heterocycles. The number of nitrogens with one attached hydrogen (secondary N) is 1. The van der Waals surface area contributed by atoms with Gasteiger partial charge >= 0.3 is 0 Å². The topological polar surface area (TPSA) is 110 Å². The summed E-state index contributed by atoms with van der Waals surface area (Å²) in [4.78, 5) is 18.7. The van der Waals surface area contributed by atoms with Gasteiger partial charge in [0.1, 0.15) is 24.8 Å². The van der Waals surface area contributed by atoms with Crippen LogP contribution in [-0.2, 0) is 6.54 Å². The Labute approximate surface area is 217 Å². The number of rotatable bonds is 8. The third-order valence-electron chi connectivity index (χ3n) is 7.40. The Balaban J connectivity index is 1.11. The number of piperidine rings is 1. The molecular weight excluding hydrogens is 489 g/mol. The summed E-state index contributed by atoms with van der Waals surface area (Å²) in [6, 6.07) is 6.79. The Morgan fingerprint density at radius 1 is 1.08 bits per heavy atom. The molecule has 0 amide bonds. The van der Waals surface area contributed by atoms with Crippen LogP contribution in [0.4, 0.5) is 10.2 Å². The Morgan fingerprint density at radius 3 is 2.71 bits per heavy atom. The minimum Gasteiger partial charge on any atom is -0.489 e. The van der Waals surface area contributed by atoms with Crippen molar-refractivity contribution in [2.75, 3.05) is 38.4 Å². The molecule has 1 N–H and O–H groups in total. The van der Waals surface area contributed by atoms with Crippen LogP contribution in [0.3, 0.4) is 0 Å². The first-order valence-electron chi connectivity index (χ1n) is 12.6. The molecule has 0 aromatic carbocycles. The van der Waals surface area contributed by atoms with E-state index in [4.69, 9.17) is 19.4 Å². The van der Waals surface area contributed by atoms with Crippen LogP contribution in [0.15, 0.2) is 49.2 Å². The summed E-state index contributed by atoms with van der Waals surface area (Å²) in [6.07, 6.45) is 10.2. The van der Waals surface area contributed by atoms with Crippen molar-refractivity contribution in [3.63, 3.8) is 0 Å². The second-order valence-electron chi connectivity index (χ2n) is 9.64. The van der Waals surface area contributed by atoms with Crippen molar-refractivity contribution in [3.05, 3.63) is 54.7 Å². The maximum atomic E-state index is 12.7. The molecule has 2 atom stereocenters.